The number of hydrogen-bond donors (Lipinski definition) is 2. The third kappa shape index (κ3) is 6.03. The Balaban J connectivity index is 2.25. The summed E-state index contributed by atoms with van der Waals surface area (Å²) in [6.07, 6.45) is -4.72. The summed E-state index contributed by atoms with van der Waals surface area (Å²) in [5.74, 6) is -1.04. The molecule has 0 atom stereocenters. The SMILES string of the molecule is CCOc1cc(C(=O)NNC(=O)c2ccccc2C(F)(F)F)cc(OCC)c1OCC. The molecule has 2 aromatic carbocycles. The van der Waals surface area contributed by atoms with Crippen molar-refractivity contribution in [3.05, 3.63) is 53.1 Å². The van der Waals surface area contributed by atoms with E-state index < -0.39 is 29.1 Å². The molecular weight excluding hydrogens is 417 g/mol. The highest BCUT2D eigenvalue weighted by molar-refractivity contribution is 6.00. The number of alkyl halides is 3. The highest BCUT2D eigenvalue weighted by atomic mass is 19.4. The maximum Gasteiger partial charge on any atom is 0.417 e. The first kappa shape index (κ1) is 23.8. The molecule has 0 aliphatic rings. The number of rotatable bonds is 8. The van der Waals surface area contributed by atoms with Crippen molar-refractivity contribution in [2.24, 2.45) is 0 Å². The molecule has 0 bridgehead atoms. The topological polar surface area (TPSA) is 85.9 Å². The molecule has 31 heavy (non-hydrogen) atoms. The van der Waals surface area contributed by atoms with E-state index in [1.54, 1.807) is 20.8 Å². The number of ether oxygens (including phenoxy) is 3. The van der Waals surface area contributed by atoms with Crippen molar-refractivity contribution in [2.45, 2.75) is 26.9 Å². The van der Waals surface area contributed by atoms with Gasteiger partial charge in [0.2, 0.25) is 5.75 Å². The Bertz CT molecular complexity index is 904. The van der Waals surface area contributed by atoms with Gasteiger partial charge in [-0.25, -0.2) is 0 Å². The second kappa shape index (κ2) is 10.6. The predicted molar refractivity (Wildman–Crippen MR) is 106 cm³/mol. The monoisotopic (exact) mass is 440 g/mol. The average Bonchev–Trinajstić information content (AvgIpc) is 2.73. The molecule has 0 aromatic heterocycles. The van der Waals surface area contributed by atoms with Crippen molar-refractivity contribution in [2.75, 3.05) is 19.8 Å². The summed E-state index contributed by atoms with van der Waals surface area (Å²) >= 11 is 0. The van der Waals surface area contributed by atoms with Crippen LogP contribution in [-0.2, 0) is 6.18 Å². The van der Waals surface area contributed by atoms with Gasteiger partial charge in [0.1, 0.15) is 0 Å². The van der Waals surface area contributed by atoms with E-state index in [2.05, 4.69) is 5.43 Å². The van der Waals surface area contributed by atoms with Gasteiger partial charge >= 0.3 is 6.18 Å². The van der Waals surface area contributed by atoms with Gasteiger partial charge in [-0.2, -0.15) is 13.2 Å². The number of halogens is 3. The number of hydrazine groups is 1. The molecule has 10 heteroatoms. The summed E-state index contributed by atoms with van der Waals surface area (Å²) in [4.78, 5) is 24.8. The predicted octanol–water partition coefficient (Wildman–Crippen LogP) is 3.98. The van der Waals surface area contributed by atoms with Gasteiger partial charge in [-0.15, -0.1) is 0 Å². The van der Waals surface area contributed by atoms with E-state index in [9.17, 15) is 22.8 Å². The van der Waals surface area contributed by atoms with Crippen molar-refractivity contribution in [1.29, 1.82) is 0 Å². The third-order valence-corrected chi connectivity index (χ3v) is 3.94. The molecule has 2 amide bonds. The van der Waals surface area contributed by atoms with Crippen LogP contribution in [-0.4, -0.2) is 31.6 Å². The summed E-state index contributed by atoms with van der Waals surface area (Å²) in [7, 11) is 0. The lowest BCUT2D eigenvalue weighted by molar-refractivity contribution is -0.137. The molecule has 0 fully saturated rings. The fourth-order valence-corrected chi connectivity index (χ4v) is 2.70. The van der Waals surface area contributed by atoms with Crippen molar-refractivity contribution >= 4 is 11.8 Å². The maximum absolute atomic E-state index is 13.1. The summed E-state index contributed by atoms with van der Waals surface area (Å²) in [5.41, 5.74) is 2.44. The van der Waals surface area contributed by atoms with Crippen LogP contribution in [0.1, 0.15) is 47.1 Å². The van der Waals surface area contributed by atoms with Crippen LogP contribution in [0.25, 0.3) is 0 Å². The molecule has 0 unspecified atom stereocenters. The molecule has 168 valence electrons. The Labute approximate surface area is 177 Å². The van der Waals surface area contributed by atoms with Crippen LogP contribution in [0, 0.1) is 0 Å². The highest BCUT2D eigenvalue weighted by Crippen LogP contribution is 2.39. The minimum atomic E-state index is -4.72. The van der Waals surface area contributed by atoms with Crippen LogP contribution < -0.4 is 25.1 Å². The number of amides is 2. The Morgan fingerprint density at radius 1 is 0.839 bits per heavy atom. The summed E-state index contributed by atoms with van der Waals surface area (Å²) in [6.45, 7) is 6.20. The van der Waals surface area contributed by atoms with Crippen molar-refractivity contribution in [3.8, 4) is 17.2 Å². The Morgan fingerprint density at radius 3 is 1.87 bits per heavy atom. The Hall–Kier alpha value is -3.43. The Kier molecular flexibility index (Phi) is 8.12. The van der Waals surface area contributed by atoms with Crippen LogP contribution in [0.15, 0.2) is 36.4 Å². The Morgan fingerprint density at radius 2 is 1.35 bits per heavy atom. The van der Waals surface area contributed by atoms with E-state index >= 15 is 0 Å². The second-order valence-corrected chi connectivity index (χ2v) is 6.05. The van der Waals surface area contributed by atoms with Crippen molar-refractivity contribution in [3.63, 3.8) is 0 Å². The largest absolute Gasteiger partial charge is 0.490 e. The summed E-state index contributed by atoms with van der Waals surface area (Å²) in [5, 5.41) is 0. The molecule has 0 aliphatic heterocycles. The normalized spacial score (nSPS) is 10.9. The molecule has 0 spiro atoms. The second-order valence-electron chi connectivity index (χ2n) is 6.05. The molecule has 2 N–H and O–H groups in total. The lowest BCUT2D eigenvalue weighted by Gasteiger charge is -2.17. The van der Waals surface area contributed by atoms with Gasteiger partial charge < -0.3 is 14.2 Å². The molecule has 0 saturated heterocycles. The molecule has 7 nitrogen and oxygen atoms in total. The van der Waals surface area contributed by atoms with Crippen LogP contribution in [0.3, 0.4) is 0 Å². The van der Waals surface area contributed by atoms with Crippen LogP contribution in [0.4, 0.5) is 13.2 Å². The molecule has 0 radical (unpaired) electrons. The van der Waals surface area contributed by atoms with Crippen molar-refractivity contribution in [1.82, 2.24) is 10.9 Å². The van der Waals surface area contributed by atoms with E-state index in [1.165, 1.54) is 24.3 Å². The lowest BCUT2D eigenvalue weighted by Crippen LogP contribution is -2.42. The smallest absolute Gasteiger partial charge is 0.417 e. The molecule has 0 saturated carbocycles. The number of benzene rings is 2. The van der Waals surface area contributed by atoms with Gasteiger partial charge in [0.25, 0.3) is 11.8 Å². The van der Waals surface area contributed by atoms with Gasteiger partial charge in [0, 0.05) is 5.56 Å². The standard InChI is InChI=1S/C21H23F3N2O5/c1-4-29-16-11-13(12-17(30-5-2)18(16)31-6-3)19(27)25-26-20(28)14-9-7-8-10-15(14)21(22,23)24/h7-12H,4-6H2,1-3H3,(H,25,27)(H,26,28). The quantitative estimate of drug-likeness (QED) is 0.607. The minimum Gasteiger partial charge on any atom is -0.490 e. The molecule has 2 aromatic rings. The van der Waals surface area contributed by atoms with E-state index in [0.717, 1.165) is 12.1 Å². The summed E-state index contributed by atoms with van der Waals surface area (Å²) in [6, 6.07) is 7.04. The van der Waals surface area contributed by atoms with Gasteiger partial charge in [0.05, 0.1) is 30.9 Å². The van der Waals surface area contributed by atoms with Crippen LogP contribution in [0.5, 0.6) is 17.2 Å². The van der Waals surface area contributed by atoms with E-state index in [1.807, 2.05) is 5.43 Å². The van der Waals surface area contributed by atoms with Gasteiger partial charge in [0.15, 0.2) is 11.5 Å². The third-order valence-electron chi connectivity index (χ3n) is 3.94. The zero-order valence-corrected chi connectivity index (χ0v) is 17.3. The van der Waals surface area contributed by atoms with Crippen LogP contribution >= 0.6 is 0 Å². The van der Waals surface area contributed by atoms with E-state index in [4.69, 9.17) is 14.2 Å². The van der Waals surface area contributed by atoms with Gasteiger partial charge in [-0.05, 0) is 45.0 Å². The first-order valence-electron chi connectivity index (χ1n) is 9.56. The zero-order chi connectivity index (χ0) is 23.0. The number of hydrogen-bond acceptors (Lipinski definition) is 5. The van der Waals surface area contributed by atoms with E-state index in [0.29, 0.717) is 25.6 Å². The minimum absolute atomic E-state index is 0.0553. The fourth-order valence-electron chi connectivity index (χ4n) is 2.70. The fraction of sp³-hybridized carbons (Fsp3) is 0.333. The van der Waals surface area contributed by atoms with Crippen LogP contribution in [0.2, 0.25) is 0 Å². The number of carbonyl (C=O) groups is 2. The molecule has 0 aliphatic carbocycles. The number of carbonyl (C=O) groups excluding carboxylic acids is 2. The van der Waals surface area contributed by atoms with E-state index in [-0.39, 0.29) is 17.1 Å². The average molecular weight is 440 g/mol. The zero-order valence-electron chi connectivity index (χ0n) is 17.3. The molecule has 0 heterocycles. The number of nitrogens with one attached hydrogen (secondary N) is 2. The van der Waals surface area contributed by atoms with Crippen molar-refractivity contribution < 1.29 is 37.0 Å². The summed E-state index contributed by atoms with van der Waals surface area (Å²) < 4.78 is 55.9. The first-order valence-corrected chi connectivity index (χ1v) is 9.56. The maximum atomic E-state index is 13.1. The van der Waals surface area contributed by atoms with Gasteiger partial charge in [-0.1, -0.05) is 12.1 Å². The lowest BCUT2D eigenvalue weighted by atomic mass is 10.1. The molecule has 2 rings (SSSR count). The highest BCUT2D eigenvalue weighted by Gasteiger charge is 2.35. The van der Waals surface area contributed by atoms with Gasteiger partial charge in [-0.3, -0.25) is 20.4 Å². The molecular formula is C21H23F3N2O5. The first-order chi connectivity index (χ1) is 14.7.